The number of nitrogens with one attached hydrogen (secondary N) is 1. The second-order valence-electron chi connectivity index (χ2n) is 5.23. The van der Waals surface area contributed by atoms with Crippen molar-refractivity contribution in [1.82, 2.24) is 15.1 Å². The Labute approximate surface area is 104 Å². The van der Waals surface area contributed by atoms with Crippen molar-refractivity contribution in [1.29, 1.82) is 0 Å². The minimum atomic E-state index is 0.420. The van der Waals surface area contributed by atoms with E-state index in [2.05, 4.69) is 28.1 Å². The van der Waals surface area contributed by atoms with E-state index in [1.54, 1.807) is 0 Å². The van der Waals surface area contributed by atoms with Gasteiger partial charge in [0, 0.05) is 24.3 Å². The van der Waals surface area contributed by atoms with Crippen molar-refractivity contribution < 1.29 is 0 Å². The standard InChI is InChI=1S/C13H24N4/c1-10-8-11(2)17(16-10)7-3-6-15-13-5-4-12(14)9-13/h8,12-13,15H,3-7,9,14H2,1-2H3. The maximum absolute atomic E-state index is 5.89. The van der Waals surface area contributed by atoms with Gasteiger partial charge in [-0.05, 0) is 52.1 Å². The molecule has 0 radical (unpaired) electrons. The van der Waals surface area contributed by atoms with Gasteiger partial charge in [0.25, 0.3) is 0 Å². The molecule has 3 N–H and O–H groups in total. The summed E-state index contributed by atoms with van der Waals surface area (Å²) in [6, 6.07) is 3.19. The molecule has 1 saturated carbocycles. The molecule has 0 aliphatic heterocycles. The average molecular weight is 236 g/mol. The van der Waals surface area contributed by atoms with E-state index in [1.807, 2.05) is 6.92 Å². The molecule has 0 amide bonds. The minimum absolute atomic E-state index is 0.420. The third-order valence-electron chi connectivity index (χ3n) is 3.56. The summed E-state index contributed by atoms with van der Waals surface area (Å²) in [6.07, 6.45) is 4.68. The number of nitrogens with two attached hydrogens (primary N) is 1. The zero-order valence-corrected chi connectivity index (χ0v) is 10.9. The Kier molecular flexibility index (Phi) is 4.18. The Morgan fingerprint density at radius 2 is 2.29 bits per heavy atom. The summed E-state index contributed by atoms with van der Waals surface area (Å²) in [5.41, 5.74) is 8.25. The van der Waals surface area contributed by atoms with Gasteiger partial charge in [0.05, 0.1) is 5.69 Å². The van der Waals surface area contributed by atoms with Gasteiger partial charge in [-0.2, -0.15) is 5.10 Å². The molecule has 96 valence electrons. The third-order valence-corrected chi connectivity index (χ3v) is 3.56. The SMILES string of the molecule is Cc1cc(C)n(CCCNC2CCC(N)C2)n1. The first-order chi connectivity index (χ1) is 8.15. The Morgan fingerprint density at radius 1 is 1.47 bits per heavy atom. The molecule has 2 rings (SSSR count). The molecule has 0 spiro atoms. The number of hydrogen-bond acceptors (Lipinski definition) is 3. The molecule has 1 fully saturated rings. The zero-order valence-electron chi connectivity index (χ0n) is 10.9. The summed E-state index contributed by atoms with van der Waals surface area (Å²) >= 11 is 0. The van der Waals surface area contributed by atoms with Crippen molar-refractivity contribution in [2.45, 2.75) is 58.2 Å². The van der Waals surface area contributed by atoms with Crippen molar-refractivity contribution >= 4 is 0 Å². The first kappa shape index (κ1) is 12.6. The van der Waals surface area contributed by atoms with Crippen LogP contribution in [0.5, 0.6) is 0 Å². The fourth-order valence-corrected chi connectivity index (χ4v) is 2.64. The average Bonchev–Trinajstić information content (AvgIpc) is 2.81. The summed E-state index contributed by atoms with van der Waals surface area (Å²) in [6.45, 7) is 6.23. The molecule has 0 aromatic carbocycles. The number of rotatable bonds is 5. The lowest BCUT2D eigenvalue weighted by Crippen LogP contribution is -2.29. The molecule has 1 aromatic heterocycles. The highest BCUT2D eigenvalue weighted by atomic mass is 15.3. The van der Waals surface area contributed by atoms with E-state index < -0.39 is 0 Å². The van der Waals surface area contributed by atoms with Crippen LogP contribution in [0.1, 0.15) is 37.1 Å². The minimum Gasteiger partial charge on any atom is -0.328 e. The first-order valence-electron chi connectivity index (χ1n) is 6.65. The van der Waals surface area contributed by atoms with Crippen molar-refractivity contribution in [2.24, 2.45) is 5.73 Å². The van der Waals surface area contributed by atoms with Gasteiger partial charge >= 0.3 is 0 Å². The van der Waals surface area contributed by atoms with Gasteiger partial charge in [0.15, 0.2) is 0 Å². The molecule has 17 heavy (non-hydrogen) atoms. The van der Waals surface area contributed by atoms with Gasteiger partial charge in [-0.15, -0.1) is 0 Å². The van der Waals surface area contributed by atoms with Crippen LogP contribution in [-0.2, 0) is 6.54 Å². The Morgan fingerprint density at radius 3 is 2.88 bits per heavy atom. The normalized spacial score (nSPS) is 24.4. The van der Waals surface area contributed by atoms with Crippen LogP contribution in [0.3, 0.4) is 0 Å². The third kappa shape index (κ3) is 3.54. The van der Waals surface area contributed by atoms with Gasteiger partial charge in [-0.25, -0.2) is 0 Å². The van der Waals surface area contributed by atoms with E-state index in [0.29, 0.717) is 12.1 Å². The summed E-state index contributed by atoms with van der Waals surface area (Å²) in [4.78, 5) is 0. The molecule has 2 atom stereocenters. The Hall–Kier alpha value is -0.870. The lowest BCUT2D eigenvalue weighted by Gasteiger charge is -2.12. The molecule has 1 aliphatic carbocycles. The van der Waals surface area contributed by atoms with E-state index in [1.165, 1.54) is 18.5 Å². The van der Waals surface area contributed by atoms with E-state index in [4.69, 9.17) is 5.73 Å². The largest absolute Gasteiger partial charge is 0.328 e. The number of aryl methyl sites for hydroxylation is 3. The lowest BCUT2D eigenvalue weighted by molar-refractivity contribution is 0.475. The van der Waals surface area contributed by atoms with E-state index in [-0.39, 0.29) is 0 Å². The zero-order chi connectivity index (χ0) is 12.3. The van der Waals surface area contributed by atoms with Crippen LogP contribution in [-0.4, -0.2) is 28.4 Å². The molecular formula is C13H24N4. The highest BCUT2D eigenvalue weighted by Crippen LogP contribution is 2.16. The fraction of sp³-hybridized carbons (Fsp3) is 0.769. The maximum Gasteiger partial charge on any atom is 0.0596 e. The summed E-state index contributed by atoms with van der Waals surface area (Å²) in [5.74, 6) is 0. The fourth-order valence-electron chi connectivity index (χ4n) is 2.64. The van der Waals surface area contributed by atoms with Gasteiger partial charge in [-0.1, -0.05) is 0 Å². The van der Waals surface area contributed by atoms with Gasteiger partial charge in [0.1, 0.15) is 0 Å². The predicted molar refractivity (Wildman–Crippen MR) is 69.9 cm³/mol. The maximum atomic E-state index is 5.89. The van der Waals surface area contributed by atoms with Gasteiger partial charge in [0.2, 0.25) is 0 Å². The number of nitrogens with zero attached hydrogens (tertiary/aromatic N) is 2. The quantitative estimate of drug-likeness (QED) is 0.759. The Balaban J connectivity index is 1.65. The van der Waals surface area contributed by atoms with E-state index >= 15 is 0 Å². The molecule has 0 saturated heterocycles. The van der Waals surface area contributed by atoms with Crippen LogP contribution >= 0.6 is 0 Å². The molecule has 0 bridgehead atoms. The predicted octanol–water partition coefficient (Wildman–Crippen LogP) is 1.36. The Bertz CT molecular complexity index is 358. The summed E-state index contributed by atoms with van der Waals surface area (Å²) in [7, 11) is 0. The second kappa shape index (κ2) is 5.65. The molecule has 1 aliphatic rings. The number of aromatic nitrogens is 2. The van der Waals surface area contributed by atoms with Crippen molar-refractivity contribution in [3.63, 3.8) is 0 Å². The van der Waals surface area contributed by atoms with Crippen molar-refractivity contribution in [3.05, 3.63) is 17.5 Å². The van der Waals surface area contributed by atoms with E-state index in [0.717, 1.165) is 31.6 Å². The highest BCUT2D eigenvalue weighted by Gasteiger charge is 2.20. The van der Waals surface area contributed by atoms with Crippen molar-refractivity contribution in [2.75, 3.05) is 6.54 Å². The van der Waals surface area contributed by atoms with Crippen LogP contribution in [0.25, 0.3) is 0 Å². The van der Waals surface area contributed by atoms with Crippen LogP contribution in [0, 0.1) is 13.8 Å². The molecular weight excluding hydrogens is 212 g/mol. The topological polar surface area (TPSA) is 55.9 Å². The number of hydrogen-bond donors (Lipinski definition) is 2. The van der Waals surface area contributed by atoms with E-state index in [9.17, 15) is 0 Å². The van der Waals surface area contributed by atoms with Crippen LogP contribution in [0.4, 0.5) is 0 Å². The first-order valence-corrected chi connectivity index (χ1v) is 6.65. The molecule has 1 heterocycles. The molecule has 2 unspecified atom stereocenters. The lowest BCUT2D eigenvalue weighted by atomic mass is 10.2. The van der Waals surface area contributed by atoms with Gasteiger partial charge < -0.3 is 11.1 Å². The molecule has 1 aromatic rings. The monoisotopic (exact) mass is 236 g/mol. The molecule has 4 nitrogen and oxygen atoms in total. The molecule has 4 heteroatoms. The summed E-state index contributed by atoms with van der Waals surface area (Å²) < 4.78 is 2.09. The second-order valence-corrected chi connectivity index (χ2v) is 5.23. The highest BCUT2D eigenvalue weighted by molar-refractivity contribution is 5.06. The van der Waals surface area contributed by atoms with Crippen LogP contribution in [0.15, 0.2) is 6.07 Å². The van der Waals surface area contributed by atoms with Crippen LogP contribution < -0.4 is 11.1 Å². The smallest absolute Gasteiger partial charge is 0.0596 e. The van der Waals surface area contributed by atoms with Crippen LogP contribution in [0.2, 0.25) is 0 Å². The summed E-state index contributed by atoms with van der Waals surface area (Å²) in [5, 5.41) is 8.05. The van der Waals surface area contributed by atoms with Crippen molar-refractivity contribution in [3.8, 4) is 0 Å². The van der Waals surface area contributed by atoms with Gasteiger partial charge in [-0.3, -0.25) is 4.68 Å².